The van der Waals surface area contributed by atoms with E-state index in [0.717, 1.165) is 0 Å². The molecule has 0 heterocycles. The summed E-state index contributed by atoms with van der Waals surface area (Å²) < 4.78 is 24.0. The van der Waals surface area contributed by atoms with Crippen molar-refractivity contribution in [3.63, 3.8) is 0 Å². The second kappa shape index (κ2) is 7.24. The zero-order chi connectivity index (χ0) is 15.2. The van der Waals surface area contributed by atoms with Crippen LogP contribution in [0.25, 0.3) is 0 Å². The number of halogens is 1. The van der Waals surface area contributed by atoms with Crippen LogP contribution in [0.3, 0.4) is 0 Å². The Kier molecular flexibility index (Phi) is 5.95. The third-order valence-corrected chi connectivity index (χ3v) is 2.69. The zero-order valence-electron chi connectivity index (χ0n) is 12.4. The molecule has 1 aromatic carbocycles. The molecule has 0 aliphatic heterocycles. The van der Waals surface area contributed by atoms with Crippen LogP contribution in [0.1, 0.15) is 27.7 Å². The Bertz CT molecular complexity index is 450. The van der Waals surface area contributed by atoms with Gasteiger partial charge in [-0.2, -0.15) is 0 Å². The molecule has 1 rings (SSSR count). The van der Waals surface area contributed by atoms with Crippen LogP contribution in [0, 0.1) is 5.82 Å². The molecule has 0 fully saturated rings. The number of carbonyl (C=O) groups excluding carboxylic acids is 1. The van der Waals surface area contributed by atoms with E-state index in [-0.39, 0.29) is 25.0 Å². The number of nitrogens with one attached hydrogen (secondary N) is 1. The van der Waals surface area contributed by atoms with E-state index in [1.54, 1.807) is 26.0 Å². The molecule has 0 bridgehead atoms. The number of hydrogen-bond donors (Lipinski definition) is 1. The predicted octanol–water partition coefficient (Wildman–Crippen LogP) is 2.52. The summed E-state index contributed by atoms with van der Waals surface area (Å²) in [5, 5.41) is 3.11. The second-order valence-electron chi connectivity index (χ2n) is 5.07. The first-order chi connectivity index (χ1) is 9.39. The van der Waals surface area contributed by atoms with Gasteiger partial charge < -0.3 is 9.47 Å². The van der Waals surface area contributed by atoms with Crippen LogP contribution in [0.5, 0.6) is 5.75 Å². The number of esters is 1. The maximum Gasteiger partial charge on any atom is 0.329 e. The molecule has 0 aliphatic carbocycles. The van der Waals surface area contributed by atoms with Crippen LogP contribution in [-0.4, -0.2) is 30.8 Å². The van der Waals surface area contributed by atoms with Gasteiger partial charge in [0.05, 0.1) is 6.61 Å². The lowest BCUT2D eigenvalue weighted by Gasteiger charge is -2.30. The standard InChI is InChI=1S/C15H22FNO3/c1-5-19-14(18)15(4,17-11(2)3)10-20-13-9-7-6-8-12(13)16/h6-9,11,17H,5,10H2,1-4H3. The molecular formula is C15H22FNO3. The van der Waals surface area contributed by atoms with E-state index in [1.807, 2.05) is 13.8 Å². The molecule has 4 nitrogen and oxygen atoms in total. The summed E-state index contributed by atoms with van der Waals surface area (Å²) in [6.45, 7) is 7.54. The van der Waals surface area contributed by atoms with E-state index in [1.165, 1.54) is 12.1 Å². The van der Waals surface area contributed by atoms with Crippen LogP contribution >= 0.6 is 0 Å². The predicted molar refractivity (Wildman–Crippen MR) is 75.2 cm³/mol. The van der Waals surface area contributed by atoms with Gasteiger partial charge in [-0.15, -0.1) is 0 Å². The molecule has 0 amide bonds. The largest absolute Gasteiger partial charge is 0.488 e. The SMILES string of the molecule is CCOC(=O)C(C)(COc1ccccc1F)NC(C)C. The Hall–Kier alpha value is -1.62. The van der Waals surface area contributed by atoms with Crippen LogP contribution in [0.15, 0.2) is 24.3 Å². The highest BCUT2D eigenvalue weighted by Crippen LogP contribution is 2.18. The molecule has 1 unspecified atom stereocenters. The molecule has 1 N–H and O–H groups in total. The summed E-state index contributed by atoms with van der Waals surface area (Å²) >= 11 is 0. The molecule has 0 saturated heterocycles. The third kappa shape index (κ3) is 4.49. The molecule has 112 valence electrons. The van der Waals surface area contributed by atoms with Crippen molar-refractivity contribution >= 4 is 5.97 Å². The van der Waals surface area contributed by atoms with Gasteiger partial charge in [0.2, 0.25) is 0 Å². The zero-order valence-corrected chi connectivity index (χ0v) is 12.4. The topological polar surface area (TPSA) is 47.6 Å². The number of para-hydroxylation sites is 1. The molecule has 1 aromatic rings. The monoisotopic (exact) mass is 283 g/mol. The van der Waals surface area contributed by atoms with Crippen molar-refractivity contribution in [1.29, 1.82) is 0 Å². The number of carbonyl (C=O) groups is 1. The minimum atomic E-state index is -1.02. The number of hydrogen-bond acceptors (Lipinski definition) is 4. The number of ether oxygens (including phenoxy) is 2. The van der Waals surface area contributed by atoms with Crippen molar-refractivity contribution < 1.29 is 18.7 Å². The highest BCUT2D eigenvalue weighted by Gasteiger charge is 2.36. The molecule has 0 aliphatic rings. The Morgan fingerprint density at radius 1 is 1.40 bits per heavy atom. The van der Waals surface area contributed by atoms with E-state index in [9.17, 15) is 9.18 Å². The van der Waals surface area contributed by atoms with Gasteiger partial charge in [0.1, 0.15) is 12.1 Å². The fourth-order valence-electron chi connectivity index (χ4n) is 1.87. The Morgan fingerprint density at radius 2 is 2.05 bits per heavy atom. The van der Waals surface area contributed by atoms with Crippen molar-refractivity contribution in [1.82, 2.24) is 5.32 Å². The van der Waals surface area contributed by atoms with E-state index >= 15 is 0 Å². The highest BCUT2D eigenvalue weighted by atomic mass is 19.1. The van der Waals surface area contributed by atoms with Crippen molar-refractivity contribution in [2.45, 2.75) is 39.3 Å². The first-order valence-electron chi connectivity index (χ1n) is 6.71. The average molecular weight is 283 g/mol. The van der Waals surface area contributed by atoms with E-state index < -0.39 is 17.3 Å². The molecule has 0 aromatic heterocycles. The van der Waals surface area contributed by atoms with E-state index in [2.05, 4.69) is 5.32 Å². The number of benzene rings is 1. The van der Waals surface area contributed by atoms with Gasteiger partial charge in [0.25, 0.3) is 0 Å². The lowest BCUT2D eigenvalue weighted by molar-refractivity contribution is -0.152. The van der Waals surface area contributed by atoms with Gasteiger partial charge in [0, 0.05) is 6.04 Å². The quantitative estimate of drug-likeness (QED) is 0.781. The second-order valence-corrected chi connectivity index (χ2v) is 5.07. The smallest absolute Gasteiger partial charge is 0.329 e. The maximum atomic E-state index is 13.5. The van der Waals surface area contributed by atoms with Crippen molar-refractivity contribution in [2.75, 3.05) is 13.2 Å². The molecule has 20 heavy (non-hydrogen) atoms. The third-order valence-electron chi connectivity index (χ3n) is 2.69. The first kappa shape index (κ1) is 16.4. The maximum absolute atomic E-state index is 13.5. The Balaban J connectivity index is 2.80. The van der Waals surface area contributed by atoms with Crippen molar-refractivity contribution in [2.24, 2.45) is 0 Å². The minimum Gasteiger partial charge on any atom is -0.488 e. The van der Waals surface area contributed by atoms with Crippen LogP contribution < -0.4 is 10.1 Å². The highest BCUT2D eigenvalue weighted by molar-refractivity contribution is 5.80. The molecule has 0 spiro atoms. The van der Waals surface area contributed by atoms with Gasteiger partial charge in [-0.3, -0.25) is 5.32 Å². The average Bonchev–Trinajstić information content (AvgIpc) is 2.37. The lowest BCUT2D eigenvalue weighted by atomic mass is 10.0. The van der Waals surface area contributed by atoms with Gasteiger partial charge in [-0.05, 0) is 39.8 Å². The summed E-state index contributed by atoms with van der Waals surface area (Å²) in [6.07, 6.45) is 0. The first-order valence-corrected chi connectivity index (χ1v) is 6.71. The molecule has 5 heteroatoms. The van der Waals surface area contributed by atoms with Gasteiger partial charge in [-0.25, -0.2) is 9.18 Å². The molecule has 0 radical (unpaired) electrons. The Morgan fingerprint density at radius 3 is 2.60 bits per heavy atom. The molecular weight excluding hydrogens is 261 g/mol. The van der Waals surface area contributed by atoms with Crippen molar-refractivity contribution in [3.8, 4) is 5.75 Å². The fourth-order valence-corrected chi connectivity index (χ4v) is 1.87. The van der Waals surface area contributed by atoms with Crippen LogP contribution in [0.2, 0.25) is 0 Å². The number of rotatable bonds is 7. The molecule has 1 atom stereocenters. The van der Waals surface area contributed by atoms with Gasteiger partial charge in [0.15, 0.2) is 11.6 Å². The summed E-state index contributed by atoms with van der Waals surface area (Å²) in [5.74, 6) is -0.748. The molecule has 0 saturated carbocycles. The summed E-state index contributed by atoms with van der Waals surface area (Å²) in [5.41, 5.74) is -1.02. The summed E-state index contributed by atoms with van der Waals surface area (Å²) in [4.78, 5) is 12.0. The van der Waals surface area contributed by atoms with E-state index in [4.69, 9.17) is 9.47 Å². The lowest BCUT2D eigenvalue weighted by Crippen LogP contribution is -2.57. The van der Waals surface area contributed by atoms with Crippen LogP contribution in [-0.2, 0) is 9.53 Å². The Labute approximate surface area is 119 Å². The van der Waals surface area contributed by atoms with Crippen LogP contribution in [0.4, 0.5) is 4.39 Å². The van der Waals surface area contributed by atoms with Gasteiger partial charge >= 0.3 is 5.97 Å². The van der Waals surface area contributed by atoms with Crippen molar-refractivity contribution in [3.05, 3.63) is 30.1 Å². The van der Waals surface area contributed by atoms with E-state index in [0.29, 0.717) is 0 Å². The fraction of sp³-hybridized carbons (Fsp3) is 0.533. The summed E-state index contributed by atoms with van der Waals surface area (Å²) in [6, 6.07) is 6.16. The minimum absolute atomic E-state index is 0.00898. The normalized spacial score (nSPS) is 13.9. The summed E-state index contributed by atoms with van der Waals surface area (Å²) in [7, 11) is 0. The van der Waals surface area contributed by atoms with Gasteiger partial charge in [-0.1, -0.05) is 12.1 Å².